The Hall–Kier alpha value is -1.34. The van der Waals surface area contributed by atoms with Gasteiger partial charge in [0.05, 0.1) is 25.9 Å². The van der Waals surface area contributed by atoms with Crippen molar-refractivity contribution in [2.45, 2.75) is 39.0 Å². The lowest BCUT2D eigenvalue weighted by atomic mass is 9.77. The fraction of sp³-hybridized carbons (Fsp3) is 0.579. The predicted octanol–water partition coefficient (Wildman–Crippen LogP) is 3.04. The molecule has 0 radical (unpaired) electrons. The van der Waals surface area contributed by atoms with Gasteiger partial charge in [0.15, 0.2) is 0 Å². The van der Waals surface area contributed by atoms with Crippen LogP contribution in [0, 0.1) is 12.3 Å². The minimum atomic E-state index is 0.123. The quantitative estimate of drug-likeness (QED) is 0.793. The second-order valence-electron chi connectivity index (χ2n) is 7.20. The number of thiazole rings is 1. The average molecular weight is 359 g/mol. The zero-order valence-corrected chi connectivity index (χ0v) is 15.5. The normalized spacial score (nSPS) is 26.7. The topological polar surface area (TPSA) is 47.5 Å². The molecule has 2 aliphatic heterocycles. The highest BCUT2D eigenvalue weighted by Crippen LogP contribution is 2.41. The van der Waals surface area contributed by atoms with E-state index in [0.717, 1.165) is 51.4 Å². The number of rotatable bonds is 6. The molecule has 2 fully saturated rings. The first-order valence-electron chi connectivity index (χ1n) is 8.95. The van der Waals surface area contributed by atoms with Crippen LogP contribution in [0.4, 0.5) is 0 Å². The molecule has 2 aromatic heterocycles. The largest absolute Gasteiger partial charge is 0.377 e. The minimum Gasteiger partial charge on any atom is -0.377 e. The number of nitrogens with zero attached hydrogens (tertiary/aromatic N) is 3. The molecule has 0 aromatic carbocycles. The monoisotopic (exact) mass is 359 g/mol. The van der Waals surface area contributed by atoms with Gasteiger partial charge in [-0.2, -0.15) is 0 Å². The Morgan fingerprint density at radius 3 is 3.08 bits per heavy atom. The Balaban J connectivity index is 1.38. The van der Waals surface area contributed by atoms with Gasteiger partial charge >= 0.3 is 0 Å². The number of ether oxygens (including phenoxy) is 2. The Bertz CT molecular complexity index is 693. The molecular weight excluding hydrogens is 334 g/mol. The van der Waals surface area contributed by atoms with E-state index in [2.05, 4.69) is 27.2 Å². The second-order valence-corrected chi connectivity index (χ2v) is 8.14. The molecule has 2 aliphatic rings. The van der Waals surface area contributed by atoms with Crippen molar-refractivity contribution in [3.63, 3.8) is 0 Å². The molecule has 4 rings (SSSR count). The van der Waals surface area contributed by atoms with Gasteiger partial charge in [0.25, 0.3) is 0 Å². The maximum absolute atomic E-state index is 6.12. The maximum Gasteiger partial charge on any atom is 0.107 e. The highest BCUT2D eigenvalue weighted by atomic mass is 32.1. The van der Waals surface area contributed by atoms with Crippen molar-refractivity contribution in [2.75, 3.05) is 26.3 Å². The van der Waals surface area contributed by atoms with Crippen LogP contribution in [0.5, 0.6) is 0 Å². The van der Waals surface area contributed by atoms with Crippen LogP contribution >= 0.6 is 11.3 Å². The Morgan fingerprint density at radius 1 is 1.40 bits per heavy atom. The lowest BCUT2D eigenvalue weighted by Gasteiger charge is -2.43. The summed E-state index contributed by atoms with van der Waals surface area (Å²) in [5.41, 5.74) is 2.42. The average Bonchev–Trinajstić information content (AvgIpc) is 3.22. The molecule has 6 heteroatoms. The first-order chi connectivity index (χ1) is 12.2. The third-order valence-corrected chi connectivity index (χ3v) is 6.23. The van der Waals surface area contributed by atoms with Crippen LogP contribution in [0.25, 0.3) is 0 Å². The van der Waals surface area contributed by atoms with E-state index in [0.29, 0.717) is 12.7 Å². The number of pyridine rings is 1. The van der Waals surface area contributed by atoms with Crippen molar-refractivity contribution < 1.29 is 9.47 Å². The van der Waals surface area contributed by atoms with Gasteiger partial charge in [-0.25, -0.2) is 4.98 Å². The number of likely N-dealkylation sites (tertiary alicyclic amines) is 1. The van der Waals surface area contributed by atoms with Crippen molar-refractivity contribution in [1.82, 2.24) is 14.9 Å². The van der Waals surface area contributed by atoms with E-state index in [1.165, 1.54) is 10.6 Å². The lowest BCUT2D eigenvalue weighted by molar-refractivity contribution is -0.0685. The summed E-state index contributed by atoms with van der Waals surface area (Å²) in [7, 11) is 0. The molecule has 0 N–H and O–H groups in total. The molecule has 0 amide bonds. The van der Waals surface area contributed by atoms with Gasteiger partial charge in [-0.05, 0) is 37.5 Å². The van der Waals surface area contributed by atoms with E-state index in [1.807, 2.05) is 24.5 Å². The lowest BCUT2D eigenvalue weighted by Crippen LogP contribution is -2.51. The molecule has 2 saturated heterocycles. The van der Waals surface area contributed by atoms with Crippen molar-refractivity contribution in [1.29, 1.82) is 0 Å². The summed E-state index contributed by atoms with van der Waals surface area (Å²) in [6.07, 6.45) is 6.14. The summed E-state index contributed by atoms with van der Waals surface area (Å²) >= 11 is 1.76. The molecule has 0 saturated carbocycles. The van der Waals surface area contributed by atoms with E-state index >= 15 is 0 Å². The maximum atomic E-state index is 6.12. The second kappa shape index (κ2) is 7.50. The molecule has 4 heterocycles. The van der Waals surface area contributed by atoms with Crippen molar-refractivity contribution in [3.05, 3.63) is 46.2 Å². The summed E-state index contributed by atoms with van der Waals surface area (Å²) < 4.78 is 12.2. The summed E-state index contributed by atoms with van der Waals surface area (Å²) in [5.74, 6) is 0. The Morgan fingerprint density at radius 2 is 2.28 bits per heavy atom. The number of aromatic nitrogens is 2. The summed E-state index contributed by atoms with van der Waals surface area (Å²) in [6.45, 7) is 7.37. The Kier molecular flexibility index (Phi) is 5.12. The SMILES string of the molecule is Cc1csc(CN2CC[C@@H]3OCC[C@]3(COCc3ccncc3)C2)n1. The molecule has 0 aliphatic carbocycles. The summed E-state index contributed by atoms with van der Waals surface area (Å²) in [5, 5.41) is 3.34. The fourth-order valence-electron chi connectivity index (χ4n) is 4.00. The highest BCUT2D eigenvalue weighted by Gasteiger charge is 2.48. The van der Waals surface area contributed by atoms with Crippen molar-refractivity contribution in [2.24, 2.45) is 5.41 Å². The molecule has 5 nitrogen and oxygen atoms in total. The van der Waals surface area contributed by atoms with E-state index in [9.17, 15) is 0 Å². The molecule has 134 valence electrons. The molecular formula is C19H25N3O2S. The fourth-order valence-corrected chi connectivity index (χ4v) is 4.81. The number of hydrogen-bond acceptors (Lipinski definition) is 6. The van der Waals surface area contributed by atoms with Gasteiger partial charge in [-0.1, -0.05) is 0 Å². The molecule has 0 unspecified atom stereocenters. The molecule has 2 atom stereocenters. The zero-order valence-electron chi connectivity index (χ0n) is 14.7. The number of fused-ring (bicyclic) bond motifs is 1. The van der Waals surface area contributed by atoms with E-state index in [4.69, 9.17) is 9.47 Å². The zero-order chi connectivity index (χ0) is 17.1. The predicted molar refractivity (Wildman–Crippen MR) is 97.4 cm³/mol. The number of hydrogen-bond donors (Lipinski definition) is 0. The van der Waals surface area contributed by atoms with Gasteiger partial charge in [-0.3, -0.25) is 9.88 Å². The molecule has 25 heavy (non-hydrogen) atoms. The standard InChI is InChI=1S/C19H25N3O2S/c1-15-12-25-18(21-15)10-22-8-4-17-19(13-22,5-9-24-17)14-23-11-16-2-6-20-7-3-16/h2-3,6-7,12,17H,4-5,8-11,13-14H2,1H3/t17-,19+/m0/s1. The van der Waals surface area contributed by atoms with Crippen LogP contribution in [-0.4, -0.2) is 47.3 Å². The Labute approximate surface area is 153 Å². The van der Waals surface area contributed by atoms with Crippen LogP contribution in [0.2, 0.25) is 0 Å². The first-order valence-corrected chi connectivity index (χ1v) is 9.83. The minimum absolute atomic E-state index is 0.123. The number of piperidine rings is 1. The van der Waals surface area contributed by atoms with Crippen molar-refractivity contribution >= 4 is 11.3 Å². The molecule has 2 aromatic rings. The van der Waals surface area contributed by atoms with E-state index < -0.39 is 0 Å². The van der Waals surface area contributed by atoms with Crippen LogP contribution < -0.4 is 0 Å². The van der Waals surface area contributed by atoms with Gasteiger partial charge in [0.1, 0.15) is 5.01 Å². The highest BCUT2D eigenvalue weighted by molar-refractivity contribution is 7.09. The molecule has 0 bridgehead atoms. The van der Waals surface area contributed by atoms with E-state index in [-0.39, 0.29) is 5.41 Å². The van der Waals surface area contributed by atoms with Crippen LogP contribution in [0.15, 0.2) is 29.9 Å². The van der Waals surface area contributed by atoms with Gasteiger partial charge in [-0.15, -0.1) is 11.3 Å². The van der Waals surface area contributed by atoms with Crippen molar-refractivity contribution in [3.8, 4) is 0 Å². The van der Waals surface area contributed by atoms with Crippen LogP contribution in [0.3, 0.4) is 0 Å². The van der Waals surface area contributed by atoms with Gasteiger partial charge in [0.2, 0.25) is 0 Å². The molecule has 0 spiro atoms. The smallest absolute Gasteiger partial charge is 0.107 e. The van der Waals surface area contributed by atoms with Gasteiger partial charge in [0, 0.05) is 48.6 Å². The number of aryl methyl sites for hydroxylation is 1. The van der Waals surface area contributed by atoms with Crippen LogP contribution in [0.1, 0.15) is 29.1 Å². The third-order valence-electron chi connectivity index (χ3n) is 5.28. The first kappa shape index (κ1) is 17.1. The van der Waals surface area contributed by atoms with Crippen LogP contribution in [-0.2, 0) is 22.6 Å². The van der Waals surface area contributed by atoms with Gasteiger partial charge < -0.3 is 9.47 Å². The summed E-state index contributed by atoms with van der Waals surface area (Å²) in [6, 6.07) is 4.02. The third kappa shape index (κ3) is 3.92. The van der Waals surface area contributed by atoms with E-state index in [1.54, 1.807) is 11.3 Å². The summed E-state index contributed by atoms with van der Waals surface area (Å²) in [4.78, 5) is 11.2.